The van der Waals surface area contributed by atoms with Crippen LogP contribution in [0.5, 0.6) is 5.75 Å². The second-order valence-corrected chi connectivity index (χ2v) is 8.21. The molecule has 2 aliphatic rings. The van der Waals surface area contributed by atoms with Gasteiger partial charge in [-0.15, -0.1) is 24.0 Å². The van der Waals surface area contributed by atoms with Crippen LogP contribution < -0.4 is 15.4 Å². The van der Waals surface area contributed by atoms with Crippen LogP contribution in [0.2, 0.25) is 0 Å². The molecule has 1 aromatic rings. The molecule has 0 bridgehead atoms. The number of aliphatic imine (C=N–C) groups is 1. The number of benzene rings is 1. The van der Waals surface area contributed by atoms with Gasteiger partial charge in [0.25, 0.3) is 0 Å². The minimum atomic E-state index is 0. The molecule has 2 aliphatic heterocycles. The number of nitrogens with zero attached hydrogens (tertiary/aromatic N) is 2. The molecule has 0 atom stereocenters. The first-order valence-electron chi connectivity index (χ1n) is 11.2. The van der Waals surface area contributed by atoms with Gasteiger partial charge in [0.2, 0.25) is 0 Å². The predicted octanol–water partition coefficient (Wildman–Crippen LogP) is 3.36. The highest BCUT2D eigenvalue weighted by Crippen LogP contribution is 2.31. The third kappa shape index (κ3) is 6.72. The fourth-order valence-electron chi connectivity index (χ4n) is 4.43. The Morgan fingerprint density at radius 3 is 2.60 bits per heavy atom. The van der Waals surface area contributed by atoms with Crippen LogP contribution in [0.1, 0.15) is 43.7 Å². The average Bonchev–Trinajstić information content (AvgIpc) is 3.29. The number of methoxy groups -OCH3 is 1. The van der Waals surface area contributed by atoms with Gasteiger partial charge in [-0.25, -0.2) is 0 Å². The van der Waals surface area contributed by atoms with E-state index in [2.05, 4.69) is 47.6 Å². The van der Waals surface area contributed by atoms with Crippen molar-refractivity contribution in [1.29, 1.82) is 0 Å². The van der Waals surface area contributed by atoms with E-state index in [1.54, 1.807) is 7.11 Å². The van der Waals surface area contributed by atoms with Crippen molar-refractivity contribution in [2.45, 2.75) is 51.5 Å². The summed E-state index contributed by atoms with van der Waals surface area (Å²) in [5.41, 5.74) is 2.61. The van der Waals surface area contributed by atoms with Crippen molar-refractivity contribution in [3.8, 4) is 5.75 Å². The van der Waals surface area contributed by atoms with Crippen LogP contribution >= 0.6 is 24.0 Å². The van der Waals surface area contributed by atoms with Crippen molar-refractivity contribution >= 4 is 29.9 Å². The van der Waals surface area contributed by atoms with Gasteiger partial charge in [0.1, 0.15) is 5.75 Å². The van der Waals surface area contributed by atoms with Gasteiger partial charge in [0.05, 0.1) is 13.7 Å². The number of likely N-dealkylation sites (tertiary alicyclic amines) is 1. The van der Waals surface area contributed by atoms with Gasteiger partial charge in [-0.2, -0.15) is 0 Å². The molecule has 0 radical (unpaired) electrons. The van der Waals surface area contributed by atoms with E-state index in [1.165, 1.54) is 37.1 Å². The zero-order chi connectivity index (χ0) is 20.5. The molecule has 0 aliphatic carbocycles. The zero-order valence-electron chi connectivity index (χ0n) is 18.8. The van der Waals surface area contributed by atoms with Gasteiger partial charge in [-0.3, -0.25) is 9.89 Å². The quantitative estimate of drug-likeness (QED) is 0.307. The van der Waals surface area contributed by atoms with E-state index < -0.39 is 0 Å². The van der Waals surface area contributed by atoms with Crippen molar-refractivity contribution in [2.75, 3.05) is 53.0 Å². The number of aryl methyl sites for hydroxylation is 1. The van der Waals surface area contributed by atoms with Crippen molar-refractivity contribution in [1.82, 2.24) is 15.5 Å². The van der Waals surface area contributed by atoms with Crippen molar-refractivity contribution in [3.05, 3.63) is 29.3 Å². The molecule has 6 nitrogen and oxygen atoms in total. The lowest BCUT2D eigenvalue weighted by Gasteiger charge is -2.43. The third-order valence-corrected chi connectivity index (χ3v) is 6.25. The lowest BCUT2D eigenvalue weighted by atomic mass is 9.88. The Labute approximate surface area is 199 Å². The summed E-state index contributed by atoms with van der Waals surface area (Å²) in [5, 5.41) is 6.93. The molecule has 170 valence electrons. The topological polar surface area (TPSA) is 58.1 Å². The van der Waals surface area contributed by atoms with Crippen LogP contribution in [0, 0.1) is 6.92 Å². The smallest absolute Gasteiger partial charge is 0.191 e. The van der Waals surface area contributed by atoms with E-state index in [0.29, 0.717) is 0 Å². The summed E-state index contributed by atoms with van der Waals surface area (Å²) in [4.78, 5) is 7.67. The monoisotopic (exact) mass is 530 g/mol. The lowest BCUT2D eigenvalue weighted by Crippen LogP contribution is -2.54. The van der Waals surface area contributed by atoms with Crippen molar-refractivity contribution < 1.29 is 9.47 Å². The van der Waals surface area contributed by atoms with Crippen LogP contribution in [0.4, 0.5) is 0 Å². The fraction of sp³-hybridized carbons (Fsp3) is 0.696. The fourth-order valence-corrected chi connectivity index (χ4v) is 4.43. The Balaban J connectivity index is 0.00000320. The lowest BCUT2D eigenvalue weighted by molar-refractivity contribution is -0.0139. The molecule has 2 fully saturated rings. The molecule has 2 N–H and O–H groups in total. The Kier molecular flexibility index (Phi) is 10.7. The zero-order valence-corrected chi connectivity index (χ0v) is 21.2. The Hall–Kier alpha value is -1.06. The molecule has 1 aromatic carbocycles. The van der Waals surface area contributed by atoms with E-state index in [4.69, 9.17) is 14.5 Å². The van der Waals surface area contributed by atoms with Crippen LogP contribution in [-0.2, 0) is 11.2 Å². The van der Waals surface area contributed by atoms with E-state index in [9.17, 15) is 0 Å². The van der Waals surface area contributed by atoms with E-state index in [1.807, 2.05) is 0 Å². The summed E-state index contributed by atoms with van der Waals surface area (Å²) in [6, 6.07) is 6.43. The van der Waals surface area contributed by atoms with E-state index in [-0.39, 0.29) is 29.5 Å². The minimum absolute atomic E-state index is 0. The maximum Gasteiger partial charge on any atom is 0.191 e. The largest absolute Gasteiger partial charge is 0.496 e. The Morgan fingerprint density at radius 2 is 1.93 bits per heavy atom. The number of rotatable bonds is 8. The summed E-state index contributed by atoms with van der Waals surface area (Å²) < 4.78 is 11.1. The SMILES string of the molecule is CCNC(=NCC1(N2CCCC2)CCOCC1)NCCc1ccc(C)c(OC)c1.I. The maximum absolute atomic E-state index is 5.66. The number of hydrogen-bond donors (Lipinski definition) is 2. The first-order chi connectivity index (χ1) is 14.2. The number of ether oxygens (including phenoxy) is 2. The molecule has 2 saturated heterocycles. The van der Waals surface area contributed by atoms with Crippen LogP contribution in [0.3, 0.4) is 0 Å². The summed E-state index contributed by atoms with van der Waals surface area (Å²) in [7, 11) is 1.73. The minimum Gasteiger partial charge on any atom is -0.496 e. The number of hydrogen-bond acceptors (Lipinski definition) is 4. The molecule has 3 rings (SSSR count). The second kappa shape index (κ2) is 12.7. The Morgan fingerprint density at radius 1 is 1.20 bits per heavy atom. The molecule has 0 unspecified atom stereocenters. The Bertz CT molecular complexity index is 671. The highest BCUT2D eigenvalue weighted by molar-refractivity contribution is 14.0. The van der Waals surface area contributed by atoms with Crippen LogP contribution in [0.25, 0.3) is 0 Å². The molecule has 2 heterocycles. The molecule has 0 aromatic heterocycles. The van der Waals surface area contributed by atoms with Gasteiger partial charge in [-0.05, 0) is 76.2 Å². The average molecular weight is 530 g/mol. The number of guanidine groups is 1. The predicted molar refractivity (Wildman–Crippen MR) is 134 cm³/mol. The molecule has 0 saturated carbocycles. The standard InChI is InChI=1S/C23H38N4O2.HI/c1-4-24-22(25-12-9-20-8-7-19(2)21(17-20)28-3)26-18-23(10-15-29-16-11-23)27-13-5-6-14-27;/h7-8,17H,4-6,9-16,18H2,1-3H3,(H2,24,25,26);1H. The van der Waals surface area contributed by atoms with Gasteiger partial charge in [-0.1, -0.05) is 12.1 Å². The summed E-state index contributed by atoms with van der Waals surface area (Å²) in [6.45, 7) is 10.8. The number of nitrogens with one attached hydrogen (secondary N) is 2. The normalized spacial score (nSPS) is 19.2. The van der Waals surface area contributed by atoms with Gasteiger partial charge in [0, 0.05) is 31.8 Å². The van der Waals surface area contributed by atoms with Gasteiger partial charge >= 0.3 is 0 Å². The van der Waals surface area contributed by atoms with E-state index >= 15 is 0 Å². The van der Waals surface area contributed by atoms with Gasteiger partial charge in [0.15, 0.2) is 5.96 Å². The van der Waals surface area contributed by atoms with Crippen molar-refractivity contribution in [2.24, 2.45) is 4.99 Å². The first-order valence-corrected chi connectivity index (χ1v) is 11.2. The van der Waals surface area contributed by atoms with E-state index in [0.717, 1.165) is 63.8 Å². The molecule has 7 heteroatoms. The molecular formula is C23H39IN4O2. The van der Waals surface area contributed by atoms with Gasteiger partial charge < -0.3 is 20.1 Å². The van der Waals surface area contributed by atoms with Crippen LogP contribution in [0.15, 0.2) is 23.2 Å². The summed E-state index contributed by atoms with van der Waals surface area (Å²) in [5.74, 6) is 1.87. The maximum atomic E-state index is 5.66. The summed E-state index contributed by atoms with van der Waals surface area (Å²) >= 11 is 0. The molecule has 30 heavy (non-hydrogen) atoms. The highest BCUT2D eigenvalue weighted by atomic mass is 127. The van der Waals surface area contributed by atoms with Crippen molar-refractivity contribution in [3.63, 3.8) is 0 Å². The third-order valence-electron chi connectivity index (χ3n) is 6.25. The molecule has 0 amide bonds. The number of halogens is 1. The highest BCUT2D eigenvalue weighted by Gasteiger charge is 2.39. The first kappa shape index (κ1) is 25.2. The molecule has 0 spiro atoms. The molecular weight excluding hydrogens is 491 g/mol. The van der Waals surface area contributed by atoms with Crippen LogP contribution in [-0.4, -0.2) is 69.4 Å². The summed E-state index contributed by atoms with van der Waals surface area (Å²) in [6.07, 6.45) is 5.72. The second-order valence-electron chi connectivity index (χ2n) is 8.21.